The van der Waals surface area contributed by atoms with E-state index in [0.29, 0.717) is 6.54 Å². The fourth-order valence-electron chi connectivity index (χ4n) is 1.92. The van der Waals surface area contributed by atoms with Gasteiger partial charge in [-0.2, -0.15) is 0 Å². The first-order valence-electron chi connectivity index (χ1n) is 5.16. The number of rotatable bonds is 3. The molecule has 0 aromatic carbocycles. The van der Waals surface area contributed by atoms with E-state index in [2.05, 4.69) is 0 Å². The number of piperazine rings is 1. The van der Waals surface area contributed by atoms with Crippen LogP contribution >= 0.6 is 0 Å². The Morgan fingerprint density at radius 2 is 2.13 bits per heavy atom. The molecule has 1 amide bonds. The number of nitrogens with zero attached hydrogens (tertiary/aromatic N) is 2. The van der Waals surface area contributed by atoms with Crippen LogP contribution in [-0.2, 0) is 9.59 Å². The first kappa shape index (κ1) is 12.0. The van der Waals surface area contributed by atoms with E-state index in [0.717, 1.165) is 6.54 Å². The lowest BCUT2D eigenvalue weighted by molar-refractivity contribution is -0.149. The van der Waals surface area contributed by atoms with Crippen molar-refractivity contribution >= 4 is 11.9 Å². The largest absolute Gasteiger partial charge is 0.481 e. The zero-order chi connectivity index (χ0) is 11.6. The highest BCUT2D eigenvalue weighted by atomic mass is 16.4. The first-order chi connectivity index (χ1) is 6.93. The minimum absolute atomic E-state index is 0.0858. The van der Waals surface area contributed by atoms with Crippen LogP contribution < -0.4 is 0 Å². The maximum atomic E-state index is 11.8. The number of carbonyl (C=O) groups is 2. The van der Waals surface area contributed by atoms with Crippen molar-refractivity contribution < 1.29 is 14.7 Å². The summed E-state index contributed by atoms with van der Waals surface area (Å²) in [5, 5.41) is 8.77. The van der Waals surface area contributed by atoms with Gasteiger partial charge in [0, 0.05) is 26.2 Å². The van der Waals surface area contributed by atoms with E-state index >= 15 is 0 Å². The molecule has 1 atom stereocenters. The van der Waals surface area contributed by atoms with Crippen LogP contribution in [0.1, 0.15) is 20.3 Å². The quantitative estimate of drug-likeness (QED) is 0.719. The number of carbonyl (C=O) groups excluding carboxylic acids is 1. The maximum Gasteiger partial charge on any atom is 0.305 e. The molecule has 1 unspecified atom stereocenters. The van der Waals surface area contributed by atoms with Crippen LogP contribution in [0, 0.1) is 0 Å². The van der Waals surface area contributed by atoms with Gasteiger partial charge in [0.05, 0.1) is 6.42 Å². The molecule has 1 rings (SSSR count). The summed E-state index contributed by atoms with van der Waals surface area (Å²) in [6.07, 6.45) is -0.110. The summed E-state index contributed by atoms with van der Waals surface area (Å²) in [7, 11) is 1.72. The number of hydrogen-bond donors (Lipinski definition) is 1. The first-order valence-corrected chi connectivity index (χ1v) is 5.16. The Balaban J connectivity index is 2.79. The van der Waals surface area contributed by atoms with Gasteiger partial charge in [0.1, 0.15) is 6.04 Å². The summed E-state index contributed by atoms with van der Waals surface area (Å²) >= 11 is 0. The van der Waals surface area contributed by atoms with Crippen LogP contribution in [0.4, 0.5) is 0 Å². The van der Waals surface area contributed by atoms with E-state index in [1.807, 2.05) is 18.7 Å². The molecule has 0 aromatic rings. The number of hydrogen-bond acceptors (Lipinski definition) is 3. The van der Waals surface area contributed by atoms with Gasteiger partial charge in [-0.15, -0.1) is 0 Å². The third-order valence-corrected chi connectivity index (χ3v) is 2.79. The SMILES string of the molecule is CC(C)N1CCN(C)C(=O)C1CC(=O)O. The number of likely N-dealkylation sites (N-methyl/N-ethyl adjacent to an activating group) is 1. The molecule has 86 valence electrons. The molecule has 0 bridgehead atoms. The molecule has 1 saturated heterocycles. The third-order valence-electron chi connectivity index (χ3n) is 2.79. The molecule has 15 heavy (non-hydrogen) atoms. The summed E-state index contributed by atoms with van der Waals surface area (Å²) in [4.78, 5) is 26.0. The van der Waals surface area contributed by atoms with Gasteiger partial charge in [-0.05, 0) is 13.8 Å². The van der Waals surface area contributed by atoms with E-state index in [1.54, 1.807) is 11.9 Å². The molecule has 1 fully saturated rings. The second kappa shape index (κ2) is 4.61. The van der Waals surface area contributed by atoms with Crippen LogP contribution in [0.2, 0.25) is 0 Å². The van der Waals surface area contributed by atoms with E-state index in [4.69, 9.17) is 5.11 Å². The fourth-order valence-corrected chi connectivity index (χ4v) is 1.92. The smallest absolute Gasteiger partial charge is 0.305 e. The highest BCUT2D eigenvalue weighted by molar-refractivity contribution is 5.86. The summed E-state index contributed by atoms with van der Waals surface area (Å²) in [6.45, 7) is 5.38. The van der Waals surface area contributed by atoms with Crippen LogP contribution in [0.15, 0.2) is 0 Å². The van der Waals surface area contributed by atoms with Gasteiger partial charge >= 0.3 is 5.97 Å². The van der Waals surface area contributed by atoms with Crippen LogP contribution in [0.5, 0.6) is 0 Å². The molecular weight excluding hydrogens is 196 g/mol. The number of carboxylic acid groups (broad SMARTS) is 1. The Hall–Kier alpha value is -1.10. The molecule has 1 heterocycles. The highest BCUT2D eigenvalue weighted by Gasteiger charge is 2.35. The monoisotopic (exact) mass is 214 g/mol. The Morgan fingerprint density at radius 3 is 2.60 bits per heavy atom. The van der Waals surface area contributed by atoms with Gasteiger partial charge in [0.25, 0.3) is 0 Å². The normalized spacial score (nSPS) is 23.6. The molecule has 1 aliphatic rings. The zero-order valence-corrected chi connectivity index (χ0v) is 9.43. The fraction of sp³-hybridized carbons (Fsp3) is 0.800. The lowest BCUT2D eigenvalue weighted by atomic mass is 10.1. The second-order valence-corrected chi connectivity index (χ2v) is 4.21. The second-order valence-electron chi connectivity index (χ2n) is 4.21. The van der Waals surface area contributed by atoms with E-state index in [-0.39, 0.29) is 18.4 Å². The zero-order valence-electron chi connectivity index (χ0n) is 9.43. The molecule has 0 saturated carbocycles. The average molecular weight is 214 g/mol. The van der Waals surface area contributed by atoms with E-state index in [9.17, 15) is 9.59 Å². The van der Waals surface area contributed by atoms with Gasteiger partial charge in [-0.25, -0.2) is 0 Å². The van der Waals surface area contributed by atoms with Gasteiger partial charge in [-0.3, -0.25) is 14.5 Å². The predicted octanol–water partition coefficient (Wildman–Crippen LogP) is 0.0121. The molecule has 5 nitrogen and oxygen atoms in total. The Bertz CT molecular complexity index is 265. The minimum atomic E-state index is -0.922. The van der Waals surface area contributed by atoms with Gasteiger partial charge in [0.2, 0.25) is 5.91 Å². The van der Waals surface area contributed by atoms with Crippen molar-refractivity contribution in [3.8, 4) is 0 Å². The number of carboxylic acids is 1. The van der Waals surface area contributed by atoms with Crippen LogP contribution in [0.25, 0.3) is 0 Å². The third kappa shape index (κ3) is 2.68. The van der Waals surface area contributed by atoms with Crippen molar-refractivity contribution in [1.82, 2.24) is 9.80 Å². The minimum Gasteiger partial charge on any atom is -0.481 e. The molecule has 0 spiro atoms. The van der Waals surface area contributed by atoms with E-state index in [1.165, 1.54) is 0 Å². The number of amides is 1. The summed E-state index contributed by atoms with van der Waals surface area (Å²) in [6, 6.07) is -0.298. The maximum absolute atomic E-state index is 11.8. The highest BCUT2D eigenvalue weighted by Crippen LogP contribution is 2.16. The Labute approximate surface area is 89.7 Å². The number of aliphatic carboxylic acids is 1. The summed E-state index contributed by atoms with van der Waals surface area (Å²) in [5.41, 5.74) is 0. The molecular formula is C10H18N2O3. The molecule has 1 aliphatic heterocycles. The van der Waals surface area contributed by atoms with Crippen LogP contribution in [0.3, 0.4) is 0 Å². The lowest BCUT2D eigenvalue weighted by Crippen LogP contribution is -2.58. The molecule has 0 aliphatic carbocycles. The van der Waals surface area contributed by atoms with Gasteiger partial charge in [0.15, 0.2) is 0 Å². The summed E-state index contributed by atoms with van der Waals surface area (Å²) in [5.74, 6) is -1.01. The lowest BCUT2D eigenvalue weighted by Gasteiger charge is -2.40. The Kier molecular flexibility index (Phi) is 3.68. The standard InChI is InChI=1S/C10H18N2O3/c1-7(2)12-5-4-11(3)10(15)8(12)6-9(13)14/h7-8H,4-6H2,1-3H3,(H,13,14). The van der Waals surface area contributed by atoms with Crippen molar-refractivity contribution in [3.05, 3.63) is 0 Å². The van der Waals surface area contributed by atoms with Crippen molar-refractivity contribution in [2.75, 3.05) is 20.1 Å². The Morgan fingerprint density at radius 1 is 1.53 bits per heavy atom. The van der Waals surface area contributed by atoms with Crippen LogP contribution in [-0.4, -0.2) is 59.0 Å². The summed E-state index contributed by atoms with van der Waals surface area (Å²) < 4.78 is 0. The van der Waals surface area contributed by atoms with E-state index < -0.39 is 12.0 Å². The van der Waals surface area contributed by atoms with Crippen molar-refractivity contribution in [2.24, 2.45) is 0 Å². The predicted molar refractivity (Wildman–Crippen MR) is 55.5 cm³/mol. The molecule has 1 N–H and O–H groups in total. The molecule has 0 radical (unpaired) electrons. The topological polar surface area (TPSA) is 60.9 Å². The molecule has 0 aromatic heterocycles. The van der Waals surface area contributed by atoms with Crippen molar-refractivity contribution in [3.63, 3.8) is 0 Å². The molecule has 5 heteroatoms. The van der Waals surface area contributed by atoms with Crippen molar-refractivity contribution in [2.45, 2.75) is 32.4 Å². The van der Waals surface area contributed by atoms with Gasteiger partial charge in [-0.1, -0.05) is 0 Å². The van der Waals surface area contributed by atoms with Crippen molar-refractivity contribution in [1.29, 1.82) is 0 Å². The van der Waals surface area contributed by atoms with Gasteiger partial charge < -0.3 is 10.0 Å². The average Bonchev–Trinajstić information content (AvgIpc) is 2.12.